The summed E-state index contributed by atoms with van der Waals surface area (Å²) in [7, 11) is 0. The molecular formula is C11H4ClF5N2. The van der Waals surface area contributed by atoms with Crippen LogP contribution in [0.25, 0.3) is 11.3 Å². The minimum absolute atomic E-state index is 0.438. The quantitative estimate of drug-likeness (QED) is 0.585. The normalized spacial score (nSPS) is 11.7. The number of alkyl halides is 3. The third-order valence-electron chi connectivity index (χ3n) is 2.21. The van der Waals surface area contributed by atoms with Crippen molar-refractivity contribution in [2.45, 2.75) is 6.18 Å². The number of hydrogen-bond acceptors (Lipinski definition) is 2. The number of rotatable bonds is 1. The fourth-order valence-electron chi connectivity index (χ4n) is 1.43. The molecule has 0 amide bonds. The van der Waals surface area contributed by atoms with Gasteiger partial charge in [-0.25, -0.2) is 18.7 Å². The van der Waals surface area contributed by atoms with Crippen LogP contribution in [0.2, 0.25) is 5.28 Å². The molecule has 1 aromatic carbocycles. The molecule has 0 spiro atoms. The van der Waals surface area contributed by atoms with E-state index < -0.39 is 40.0 Å². The Labute approximate surface area is 108 Å². The monoisotopic (exact) mass is 294 g/mol. The second-order valence-electron chi connectivity index (χ2n) is 3.50. The molecule has 100 valence electrons. The predicted molar refractivity (Wildman–Crippen MR) is 57.4 cm³/mol. The molecule has 0 fully saturated rings. The third-order valence-corrected chi connectivity index (χ3v) is 2.38. The van der Waals surface area contributed by atoms with Crippen LogP contribution in [-0.2, 0) is 6.18 Å². The van der Waals surface area contributed by atoms with E-state index in [1.165, 1.54) is 0 Å². The van der Waals surface area contributed by atoms with Gasteiger partial charge < -0.3 is 0 Å². The number of halogens is 6. The summed E-state index contributed by atoms with van der Waals surface area (Å²) in [6.45, 7) is 0. The Bertz CT molecular complexity index is 607. The Balaban J connectivity index is 2.67. The number of benzene rings is 1. The fraction of sp³-hybridized carbons (Fsp3) is 0.0909. The second-order valence-corrected chi connectivity index (χ2v) is 3.84. The van der Waals surface area contributed by atoms with Crippen LogP contribution in [-0.4, -0.2) is 9.97 Å². The van der Waals surface area contributed by atoms with E-state index in [0.717, 1.165) is 18.2 Å². The van der Waals surface area contributed by atoms with Crippen LogP contribution < -0.4 is 0 Å². The topological polar surface area (TPSA) is 25.8 Å². The van der Waals surface area contributed by atoms with Crippen molar-refractivity contribution in [3.8, 4) is 11.3 Å². The number of aromatic nitrogens is 2. The van der Waals surface area contributed by atoms with Crippen molar-refractivity contribution >= 4 is 11.6 Å². The van der Waals surface area contributed by atoms with Crippen molar-refractivity contribution in [2.75, 3.05) is 0 Å². The summed E-state index contributed by atoms with van der Waals surface area (Å²) in [6.07, 6.45) is -4.79. The van der Waals surface area contributed by atoms with E-state index in [1.54, 1.807) is 0 Å². The summed E-state index contributed by atoms with van der Waals surface area (Å²) in [5.41, 5.74) is -2.62. The molecule has 0 radical (unpaired) electrons. The van der Waals surface area contributed by atoms with Crippen LogP contribution in [0.3, 0.4) is 0 Å². The van der Waals surface area contributed by atoms with Crippen molar-refractivity contribution in [3.63, 3.8) is 0 Å². The molecule has 0 saturated carbocycles. The van der Waals surface area contributed by atoms with E-state index in [2.05, 4.69) is 9.97 Å². The molecule has 0 aliphatic carbocycles. The van der Waals surface area contributed by atoms with Gasteiger partial charge in [0, 0.05) is 0 Å². The summed E-state index contributed by atoms with van der Waals surface area (Å²) in [4.78, 5) is 6.39. The predicted octanol–water partition coefficient (Wildman–Crippen LogP) is 4.09. The van der Waals surface area contributed by atoms with Crippen molar-refractivity contribution in [2.24, 2.45) is 0 Å². The van der Waals surface area contributed by atoms with E-state index in [0.29, 0.717) is 6.07 Å². The highest BCUT2D eigenvalue weighted by molar-refractivity contribution is 6.28. The van der Waals surface area contributed by atoms with E-state index in [4.69, 9.17) is 11.6 Å². The van der Waals surface area contributed by atoms with Gasteiger partial charge in [-0.3, -0.25) is 0 Å². The second kappa shape index (κ2) is 4.73. The van der Waals surface area contributed by atoms with Gasteiger partial charge in [-0.1, -0.05) is 6.07 Å². The third kappa shape index (κ3) is 2.81. The van der Waals surface area contributed by atoms with Gasteiger partial charge in [-0.05, 0) is 29.8 Å². The maximum atomic E-state index is 13.5. The van der Waals surface area contributed by atoms with Crippen LogP contribution in [0.1, 0.15) is 5.69 Å². The first-order valence-corrected chi connectivity index (χ1v) is 5.23. The first-order chi connectivity index (χ1) is 8.79. The number of hydrogen-bond donors (Lipinski definition) is 0. The SMILES string of the molecule is Fc1cccc(F)c1-c1cc(C(F)(F)F)nc(Cl)n1. The first kappa shape index (κ1) is 13.7. The minimum Gasteiger partial charge on any atom is -0.218 e. The molecule has 2 rings (SSSR count). The molecule has 8 heteroatoms. The molecule has 0 aliphatic heterocycles. The van der Waals surface area contributed by atoms with Crippen LogP contribution in [0.5, 0.6) is 0 Å². The zero-order valence-corrected chi connectivity index (χ0v) is 9.73. The lowest BCUT2D eigenvalue weighted by atomic mass is 10.1. The van der Waals surface area contributed by atoms with Crippen LogP contribution in [0.15, 0.2) is 24.3 Å². The standard InChI is InChI=1S/C11H4ClF5N2/c12-10-18-7(4-8(19-10)11(15,16)17)9-5(13)2-1-3-6(9)14/h1-4H. The Morgan fingerprint density at radius 1 is 1.00 bits per heavy atom. The summed E-state index contributed by atoms with van der Waals surface area (Å²) in [5.74, 6) is -2.08. The fourth-order valence-corrected chi connectivity index (χ4v) is 1.62. The molecule has 19 heavy (non-hydrogen) atoms. The van der Waals surface area contributed by atoms with E-state index >= 15 is 0 Å². The zero-order chi connectivity index (χ0) is 14.2. The molecule has 0 N–H and O–H groups in total. The Hall–Kier alpha value is -1.76. The lowest BCUT2D eigenvalue weighted by Crippen LogP contribution is -2.09. The highest BCUT2D eigenvalue weighted by Crippen LogP contribution is 2.32. The molecule has 0 unspecified atom stereocenters. The maximum absolute atomic E-state index is 13.5. The molecule has 2 nitrogen and oxygen atoms in total. The Kier molecular flexibility index (Phi) is 3.40. The van der Waals surface area contributed by atoms with Gasteiger partial charge in [0.05, 0.1) is 11.3 Å². The van der Waals surface area contributed by atoms with Gasteiger partial charge in [-0.2, -0.15) is 13.2 Å². The van der Waals surface area contributed by atoms with Gasteiger partial charge in [0.1, 0.15) is 17.3 Å². The molecule has 0 saturated heterocycles. The van der Waals surface area contributed by atoms with Gasteiger partial charge in [0.2, 0.25) is 5.28 Å². The lowest BCUT2D eigenvalue weighted by Gasteiger charge is -2.09. The van der Waals surface area contributed by atoms with Gasteiger partial charge >= 0.3 is 6.18 Å². The summed E-state index contributed by atoms with van der Waals surface area (Å²) in [6, 6.07) is 3.33. The molecule has 1 heterocycles. The molecule has 0 atom stereocenters. The zero-order valence-electron chi connectivity index (χ0n) is 8.97. The smallest absolute Gasteiger partial charge is 0.218 e. The highest BCUT2D eigenvalue weighted by atomic mass is 35.5. The van der Waals surface area contributed by atoms with E-state index in [1.807, 2.05) is 0 Å². The van der Waals surface area contributed by atoms with Crippen LogP contribution in [0.4, 0.5) is 22.0 Å². The summed E-state index contributed by atoms with van der Waals surface area (Å²) in [5, 5.41) is -0.743. The first-order valence-electron chi connectivity index (χ1n) is 4.85. The average Bonchev–Trinajstić information content (AvgIpc) is 2.26. The summed E-state index contributed by atoms with van der Waals surface area (Å²) >= 11 is 5.34. The van der Waals surface area contributed by atoms with E-state index in [9.17, 15) is 22.0 Å². The van der Waals surface area contributed by atoms with Crippen LogP contribution >= 0.6 is 11.6 Å². The largest absolute Gasteiger partial charge is 0.433 e. The molecular weight excluding hydrogens is 291 g/mol. The molecule has 0 bridgehead atoms. The summed E-state index contributed by atoms with van der Waals surface area (Å²) < 4.78 is 64.5. The molecule has 2 aromatic rings. The molecule has 0 aliphatic rings. The van der Waals surface area contributed by atoms with Gasteiger partial charge in [0.15, 0.2) is 0 Å². The Morgan fingerprint density at radius 3 is 2.11 bits per heavy atom. The highest BCUT2D eigenvalue weighted by Gasteiger charge is 2.34. The van der Waals surface area contributed by atoms with Crippen molar-refractivity contribution in [1.82, 2.24) is 9.97 Å². The molecule has 1 aromatic heterocycles. The van der Waals surface area contributed by atoms with Gasteiger partial charge in [-0.15, -0.1) is 0 Å². The lowest BCUT2D eigenvalue weighted by molar-refractivity contribution is -0.141. The van der Waals surface area contributed by atoms with Crippen molar-refractivity contribution in [3.05, 3.63) is 46.9 Å². The minimum atomic E-state index is -4.79. The Morgan fingerprint density at radius 2 is 1.58 bits per heavy atom. The van der Waals surface area contributed by atoms with Crippen LogP contribution in [0, 0.1) is 11.6 Å². The van der Waals surface area contributed by atoms with Gasteiger partial charge in [0.25, 0.3) is 0 Å². The van der Waals surface area contributed by atoms with Crippen molar-refractivity contribution in [1.29, 1.82) is 0 Å². The van der Waals surface area contributed by atoms with E-state index in [-0.39, 0.29) is 0 Å². The number of nitrogens with zero attached hydrogens (tertiary/aromatic N) is 2. The van der Waals surface area contributed by atoms with Crippen molar-refractivity contribution < 1.29 is 22.0 Å². The average molecular weight is 295 g/mol. The maximum Gasteiger partial charge on any atom is 0.433 e.